The predicted molar refractivity (Wildman–Crippen MR) is 135 cm³/mol. The number of hydrogen-bond acceptors (Lipinski definition) is 2. The second kappa shape index (κ2) is 8.88. The van der Waals surface area contributed by atoms with E-state index in [2.05, 4.69) is 21.3 Å². The Morgan fingerprint density at radius 1 is 1.09 bits per heavy atom. The van der Waals surface area contributed by atoms with Crippen molar-refractivity contribution >= 4 is 23.2 Å². The first kappa shape index (κ1) is 21.4. The molecule has 3 aromatic rings. The number of fused-ring (bicyclic) bond motifs is 2. The van der Waals surface area contributed by atoms with Crippen molar-refractivity contribution < 1.29 is 9.18 Å². The van der Waals surface area contributed by atoms with Crippen LogP contribution in [0, 0.1) is 11.7 Å². The van der Waals surface area contributed by atoms with Gasteiger partial charge in [-0.2, -0.15) is 0 Å². The van der Waals surface area contributed by atoms with Crippen LogP contribution in [0.4, 0.5) is 10.1 Å². The highest BCUT2D eigenvalue weighted by Gasteiger charge is 2.28. The molecular weight excluding hydrogens is 425 g/mol. The number of carbonyl (C=O) groups excluding carboxylic acids is 1. The van der Waals surface area contributed by atoms with Gasteiger partial charge in [-0.15, -0.1) is 0 Å². The van der Waals surface area contributed by atoms with Crippen LogP contribution >= 0.6 is 0 Å². The van der Waals surface area contributed by atoms with Crippen LogP contribution in [0.15, 0.2) is 48.5 Å². The summed E-state index contributed by atoms with van der Waals surface area (Å²) in [5.74, 6) is 0.337. The molecule has 1 atom stereocenters. The van der Waals surface area contributed by atoms with E-state index in [1.165, 1.54) is 68.7 Å². The standard InChI is InChI=1S/C29H30FN3O/c30-22-6-3-5-20(16-22)24-7-4-8-27-28(24)25(29(34)32-27)18-23-17-21-15-19(9-10-26(21)31-23)11-14-33-12-1-2-13-33/h3-8,16-19,31H,1-2,9-15H2,(H,32,34)/b25-18+. The van der Waals surface area contributed by atoms with E-state index < -0.39 is 0 Å². The summed E-state index contributed by atoms with van der Waals surface area (Å²) in [5.41, 5.74) is 7.54. The molecule has 5 heteroatoms. The summed E-state index contributed by atoms with van der Waals surface area (Å²) in [6, 6.07) is 14.5. The summed E-state index contributed by atoms with van der Waals surface area (Å²) in [7, 11) is 0. The monoisotopic (exact) mass is 455 g/mol. The molecule has 2 aliphatic heterocycles. The molecule has 174 valence electrons. The molecule has 2 aromatic carbocycles. The first-order chi connectivity index (χ1) is 16.6. The van der Waals surface area contributed by atoms with Crippen LogP contribution in [0.3, 0.4) is 0 Å². The first-order valence-electron chi connectivity index (χ1n) is 12.5. The lowest BCUT2D eigenvalue weighted by Gasteiger charge is -2.24. The zero-order valence-corrected chi connectivity index (χ0v) is 19.4. The normalized spacial score (nSPS) is 21.0. The van der Waals surface area contributed by atoms with Gasteiger partial charge in [0.1, 0.15) is 5.82 Å². The fourth-order valence-electron chi connectivity index (χ4n) is 5.87. The van der Waals surface area contributed by atoms with Gasteiger partial charge in [0.25, 0.3) is 5.91 Å². The Labute approximate surface area is 199 Å². The van der Waals surface area contributed by atoms with Crippen LogP contribution in [0.5, 0.6) is 0 Å². The summed E-state index contributed by atoms with van der Waals surface area (Å²) >= 11 is 0. The molecule has 4 nitrogen and oxygen atoms in total. The summed E-state index contributed by atoms with van der Waals surface area (Å²) in [4.78, 5) is 19.1. The molecule has 2 N–H and O–H groups in total. The lowest BCUT2D eigenvalue weighted by atomic mass is 9.85. The molecule has 0 bridgehead atoms. The topological polar surface area (TPSA) is 48.1 Å². The number of aryl methyl sites for hydroxylation is 1. The molecule has 1 aliphatic carbocycles. The maximum atomic E-state index is 13.9. The number of hydrogen-bond donors (Lipinski definition) is 2. The molecule has 0 saturated carbocycles. The molecule has 1 amide bonds. The Bertz CT molecular complexity index is 1270. The Morgan fingerprint density at radius 3 is 2.79 bits per heavy atom. The van der Waals surface area contributed by atoms with Gasteiger partial charge in [-0.05, 0) is 111 Å². The van der Waals surface area contributed by atoms with E-state index in [1.807, 2.05) is 30.3 Å². The summed E-state index contributed by atoms with van der Waals surface area (Å²) < 4.78 is 13.9. The Morgan fingerprint density at radius 2 is 1.94 bits per heavy atom. The van der Waals surface area contributed by atoms with Crippen molar-refractivity contribution in [3.8, 4) is 11.1 Å². The minimum Gasteiger partial charge on any atom is -0.359 e. The number of aromatic nitrogens is 1. The van der Waals surface area contributed by atoms with E-state index in [0.29, 0.717) is 5.57 Å². The van der Waals surface area contributed by atoms with Crippen molar-refractivity contribution in [2.45, 2.75) is 38.5 Å². The third-order valence-corrected chi connectivity index (χ3v) is 7.64. The molecule has 1 unspecified atom stereocenters. The van der Waals surface area contributed by atoms with Crippen LogP contribution in [0.2, 0.25) is 0 Å². The Kier molecular flexibility index (Phi) is 5.58. The van der Waals surface area contributed by atoms with E-state index in [9.17, 15) is 9.18 Å². The van der Waals surface area contributed by atoms with Gasteiger partial charge in [-0.3, -0.25) is 4.79 Å². The quantitative estimate of drug-likeness (QED) is 0.470. The van der Waals surface area contributed by atoms with Crippen LogP contribution in [-0.4, -0.2) is 35.4 Å². The Hall–Kier alpha value is -3.18. The van der Waals surface area contributed by atoms with E-state index in [0.717, 1.165) is 46.8 Å². The van der Waals surface area contributed by atoms with Crippen LogP contribution < -0.4 is 5.32 Å². The summed E-state index contributed by atoms with van der Waals surface area (Å²) in [6.45, 7) is 3.75. The van der Waals surface area contributed by atoms with Gasteiger partial charge in [-0.1, -0.05) is 24.3 Å². The SMILES string of the molecule is O=C1Nc2cccc(-c3cccc(F)c3)c2/C1=C\c1cc2c([nH]1)CCC(CCN1CCCC1)C2. The molecule has 1 aromatic heterocycles. The molecular formula is C29H30FN3O. The minimum absolute atomic E-state index is 0.116. The first-order valence-corrected chi connectivity index (χ1v) is 12.5. The van der Waals surface area contributed by atoms with E-state index in [4.69, 9.17) is 0 Å². The summed E-state index contributed by atoms with van der Waals surface area (Å²) in [6.07, 6.45) is 9.34. The van der Waals surface area contributed by atoms with Crippen LogP contribution in [0.1, 0.15) is 48.2 Å². The fourth-order valence-corrected chi connectivity index (χ4v) is 5.87. The van der Waals surface area contributed by atoms with Crippen molar-refractivity contribution in [1.82, 2.24) is 9.88 Å². The number of carbonyl (C=O) groups is 1. The zero-order valence-electron chi connectivity index (χ0n) is 19.4. The van der Waals surface area contributed by atoms with Gasteiger partial charge >= 0.3 is 0 Å². The van der Waals surface area contributed by atoms with Gasteiger partial charge in [0.05, 0.1) is 5.57 Å². The molecule has 0 radical (unpaired) electrons. The van der Waals surface area contributed by atoms with Gasteiger partial charge in [0.2, 0.25) is 0 Å². The fraction of sp³-hybridized carbons (Fsp3) is 0.345. The second-order valence-electron chi connectivity index (χ2n) is 9.93. The molecule has 1 saturated heterocycles. The minimum atomic E-state index is -0.283. The maximum Gasteiger partial charge on any atom is 0.256 e. The number of likely N-dealkylation sites (tertiary alicyclic amines) is 1. The number of aromatic amines is 1. The van der Waals surface area contributed by atoms with Crippen molar-refractivity contribution in [2.24, 2.45) is 5.92 Å². The molecule has 3 aliphatic rings. The number of rotatable bonds is 5. The zero-order chi connectivity index (χ0) is 23.1. The van der Waals surface area contributed by atoms with Gasteiger partial charge in [0, 0.05) is 22.6 Å². The molecule has 34 heavy (non-hydrogen) atoms. The van der Waals surface area contributed by atoms with Crippen molar-refractivity contribution in [3.63, 3.8) is 0 Å². The number of H-pyrrole nitrogens is 1. The van der Waals surface area contributed by atoms with Gasteiger partial charge in [-0.25, -0.2) is 4.39 Å². The molecule has 6 rings (SSSR count). The molecule has 1 fully saturated rings. The summed E-state index contributed by atoms with van der Waals surface area (Å²) in [5, 5.41) is 2.99. The van der Waals surface area contributed by atoms with Crippen molar-refractivity contribution in [3.05, 3.63) is 76.9 Å². The van der Waals surface area contributed by atoms with Gasteiger partial charge < -0.3 is 15.2 Å². The average Bonchev–Trinajstić information content (AvgIpc) is 3.56. The molecule has 0 spiro atoms. The number of nitrogens with zero attached hydrogens (tertiary/aromatic N) is 1. The third-order valence-electron chi connectivity index (χ3n) is 7.64. The highest BCUT2D eigenvalue weighted by Crippen LogP contribution is 2.41. The third kappa shape index (κ3) is 4.09. The lowest BCUT2D eigenvalue weighted by Crippen LogP contribution is -2.24. The second-order valence-corrected chi connectivity index (χ2v) is 9.93. The van der Waals surface area contributed by atoms with Crippen molar-refractivity contribution in [2.75, 3.05) is 25.0 Å². The number of halogens is 1. The lowest BCUT2D eigenvalue weighted by molar-refractivity contribution is -0.110. The van der Waals surface area contributed by atoms with Crippen molar-refractivity contribution in [1.29, 1.82) is 0 Å². The van der Waals surface area contributed by atoms with E-state index in [-0.39, 0.29) is 11.7 Å². The predicted octanol–water partition coefficient (Wildman–Crippen LogP) is 5.90. The largest absolute Gasteiger partial charge is 0.359 e. The number of nitrogens with one attached hydrogen (secondary N) is 2. The molecule has 3 heterocycles. The highest BCUT2D eigenvalue weighted by atomic mass is 19.1. The van der Waals surface area contributed by atoms with Gasteiger partial charge in [0.15, 0.2) is 0 Å². The number of benzene rings is 2. The average molecular weight is 456 g/mol. The van der Waals surface area contributed by atoms with E-state index >= 15 is 0 Å². The highest BCUT2D eigenvalue weighted by molar-refractivity contribution is 6.36. The number of amides is 1. The Balaban J connectivity index is 1.27. The van der Waals surface area contributed by atoms with E-state index in [1.54, 1.807) is 6.07 Å². The smallest absolute Gasteiger partial charge is 0.256 e. The number of anilines is 1. The van der Waals surface area contributed by atoms with Crippen LogP contribution in [0.25, 0.3) is 22.8 Å². The maximum absolute atomic E-state index is 13.9. The van der Waals surface area contributed by atoms with Crippen LogP contribution in [-0.2, 0) is 17.6 Å².